The standard InChI is InChI=1S/C5H6N6/c6-5-7-1-4(10-5)11-2-8-9-3-11/h1-3H,(H3,6,7,10). The number of anilines is 1. The highest BCUT2D eigenvalue weighted by Gasteiger charge is 1.97. The second-order valence-corrected chi connectivity index (χ2v) is 2.02. The molecular formula is C5H6N6. The van der Waals surface area contributed by atoms with Crippen LogP contribution in [0.3, 0.4) is 0 Å². The first-order valence-corrected chi connectivity index (χ1v) is 3.02. The second-order valence-electron chi connectivity index (χ2n) is 2.02. The number of aromatic amines is 1. The Labute approximate surface area is 62.1 Å². The van der Waals surface area contributed by atoms with Crippen molar-refractivity contribution in [2.24, 2.45) is 0 Å². The highest BCUT2D eigenvalue weighted by molar-refractivity contribution is 5.27. The lowest BCUT2D eigenvalue weighted by Crippen LogP contribution is -1.91. The van der Waals surface area contributed by atoms with Gasteiger partial charge in [-0.3, -0.25) is 4.57 Å². The van der Waals surface area contributed by atoms with E-state index in [-0.39, 0.29) is 0 Å². The summed E-state index contributed by atoms with van der Waals surface area (Å²) in [5.41, 5.74) is 5.36. The summed E-state index contributed by atoms with van der Waals surface area (Å²) in [4.78, 5) is 6.65. The van der Waals surface area contributed by atoms with E-state index < -0.39 is 0 Å². The maximum Gasteiger partial charge on any atom is 0.199 e. The van der Waals surface area contributed by atoms with Crippen molar-refractivity contribution in [2.45, 2.75) is 0 Å². The maximum atomic E-state index is 5.36. The molecule has 2 aromatic rings. The van der Waals surface area contributed by atoms with Gasteiger partial charge in [-0.2, -0.15) is 0 Å². The topological polar surface area (TPSA) is 85.4 Å². The molecule has 0 unspecified atom stereocenters. The number of hydrogen-bond acceptors (Lipinski definition) is 4. The Hall–Kier alpha value is -1.85. The maximum absolute atomic E-state index is 5.36. The van der Waals surface area contributed by atoms with Crippen LogP contribution in [0.4, 0.5) is 5.95 Å². The fourth-order valence-corrected chi connectivity index (χ4v) is 0.783. The molecule has 2 aromatic heterocycles. The van der Waals surface area contributed by atoms with E-state index >= 15 is 0 Å². The van der Waals surface area contributed by atoms with Gasteiger partial charge in [0.05, 0.1) is 6.20 Å². The van der Waals surface area contributed by atoms with E-state index in [0.717, 1.165) is 5.82 Å². The van der Waals surface area contributed by atoms with Crippen molar-refractivity contribution < 1.29 is 0 Å². The zero-order chi connectivity index (χ0) is 7.68. The van der Waals surface area contributed by atoms with Crippen molar-refractivity contribution in [1.29, 1.82) is 0 Å². The molecule has 0 atom stereocenters. The molecule has 6 heteroatoms. The third-order valence-corrected chi connectivity index (χ3v) is 1.28. The lowest BCUT2D eigenvalue weighted by molar-refractivity contribution is 1.01. The third-order valence-electron chi connectivity index (χ3n) is 1.28. The average Bonchev–Trinajstić information content (AvgIpc) is 2.55. The number of hydrogen-bond donors (Lipinski definition) is 2. The smallest absolute Gasteiger partial charge is 0.199 e. The number of imidazole rings is 1. The monoisotopic (exact) mass is 150 g/mol. The molecule has 0 fully saturated rings. The number of nitrogen functional groups attached to an aromatic ring is 1. The summed E-state index contributed by atoms with van der Waals surface area (Å²) >= 11 is 0. The molecule has 3 N–H and O–H groups in total. The summed E-state index contributed by atoms with van der Waals surface area (Å²) in [5, 5.41) is 7.26. The molecular weight excluding hydrogens is 144 g/mol. The molecule has 0 aliphatic carbocycles. The van der Waals surface area contributed by atoms with Crippen molar-refractivity contribution in [3.05, 3.63) is 18.9 Å². The van der Waals surface area contributed by atoms with Crippen LogP contribution >= 0.6 is 0 Å². The molecule has 0 saturated carbocycles. The zero-order valence-corrected chi connectivity index (χ0v) is 5.60. The first-order valence-electron chi connectivity index (χ1n) is 3.02. The number of aromatic nitrogens is 5. The lowest BCUT2D eigenvalue weighted by atomic mass is 10.7. The third kappa shape index (κ3) is 0.936. The summed E-state index contributed by atoms with van der Waals surface area (Å²) in [6.45, 7) is 0. The summed E-state index contributed by atoms with van der Waals surface area (Å²) in [5.74, 6) is 1.14. The molecule has 0 aromatic carbocycles. The minimum atomic E-state index is 0.383. The van der Waals surface area contributed by atoms with Crippen LogP contribution in [0.25, 0.3) is 5.82 Å². The van der Waals surface area contributed by atoms with Crippen LogP contribution in [0.5, 0.6) is 0 Å². The Kier molecular flexibility index (Phi) is 1.12. The highest BCUT2D eigenvalue weighted by Crippen LogP contribution is 2.02. The number of nitrogens with two attached hydrogens (primary N) is 1. The minimum Gasteiger partial charge on any atom is -0.369 e. The van der Waals surface area contributed by atoms with Crippen LogP contribution < -0.4 is 5.73 Å². The first kappa shape index (κ1) is 5.90. The van der Waals surface area contributed by atoms with Gasteiger partial charge in [0, 0.05) is 0 Å². The van der Waals surface area contributed by atoms with Crippen molar-refractivity contribution in [1.82, 2.24) is 24.7 Å². The van der Waals surface area contributed by atoms with Gasteiger partial charge in [-0.15, -0.1) is 10.2 Å². The van der Waals surface area contributed by atoms with Gasteiger partial charge in [-0.05, 0) is 0 Å². The van der Waals surface area contributed by atoms with Crippen LogP contribution in [-0.4, -0.2) is 24.7 Å². The molecule has 0 aliphatic heterocycles. The van der Waals surface area contributed by atoms with Crippen molar-refractivity contribution in [3.63, 3.8) is 0 Å². The Morgan fingerprint density at radius 2 is 2.09 bits per heavy atom. The van der Waals surface area contributed by atoms with Gasteiger partial charge in [-0.1, -0.05) is 0 Å². The fraction of sp³-hybridized carbons (Fsp3) is 0. The zero-order valence-electron chi connectivity index (χ0n) is 5.60. The van der Waals surface area contributed by atoms with E-state index in [0.29, 0.717) is 5.95 Å². The molecule has 0 saturated heterocycles. The van der Waals surface area contributed by atoms with Gasteiger partial charge in [0.1, 0.15) is 18.5 Å². The first-order chi connectivity index (χ1) is 5.36. The Balaban J connectivity index is 2.45. The van der Waals surface area contributed by atoms with Crippen LogP contribution in [-0.2, 0) is 0 Å². The molecule has 0 amide bonds. The lowest BCUT2D eigenvalue weighted by Gasteiger charge is -1.91. The molecule has 0 radical (unpaired) electrons. The van der Waals surface area contributed by atoms with Gasteiger partial charge < -0.3 is 10.7 Å². The molecule has 2 rings (SSSR count). The van der Waals surface area contributed by atoms with E-state index in [4.69, 9.17) is 5.73 Å². The van der Waals surface area contributed by atoms with E-state index in [2.05, 4.69) is 20.2 Å². The normalized spacial score (nSPS) is 10.2. The fourth-order valence-electron chi connectivity index (χ4n) is 0.783. The number of nitrogens with zero attached hydrogens (tertiary/aromatic N) is 4. The van der Waals surface area contributed by atoms with E-state index in [1.807, 2.05) is 0 Å². The van der Waals surface area contributed by atoms with Crippen LogP contribution in [0.1, 0.15) is 0 Å². The molecule has 6 nitrogen and oxygen atoms in total. The number of H-pyrrole nitrogens is 1. The Morgan fingerprint density at radius 1 is 1.36 bits per heavy atom. The molecule has 56 valence electrons. The van der Waals surface area contributed by atoms with Gasteiger partial charge in [-0.25, -0.2) is 4.98 Å². The van der Waals surface area contributed by atoms with Gasteiger partial charge in [0.2, 0.25) is 0 Å². The highest BCUT2D eigenvalue weighted by atomic mass is 15.3. The largest absolute Gasteiger partial charge is 0.369 e. The van der Waals surface area contributed by atoms with E-state index in [1.54, 1.807) is 23.4 Å². The van der Waals surface area contributed by atoms with E-state index in [1.165, 1.54) is 0 Å². The van der Waals surface area contributed by atoms with Crippen molar-refractivity contribution in [3.8, 4) is 5.82 Å². The average molecular weight is 150 g/mol. The molecule has 2 heterocycles. The van der Waals surface area contributed by atoms with Crippen LogP contribution in [0, 0.1) is 0 Å². The van der Waals surface area contributed by atoms with Crippen LogP contribution in [0.2, 0.25) is 0 Å². The predicted octanol–water partition coefficient (Wildman–Crippen LogP) is -0.427. The van der Waals surface area contributed by atoms with Crippen molar-refractivity contribution in [2.75, 3.05) is 5.73 Å². The number of rotatable bonds is 1. The predicted molar refractivity (Wildman–Crippen MR) is 37.9 cm³/mol. The Bertz CT molecular complexity index is 333. The quantitative estimate of drug-likeness (QED) is 0.577. The summed E-state index contributed by atoms with van der Waals surface area (Å²) < 4.78 is 1.68. The minimum absolute atomic E-state index is 0.383. The summed E-state index contributed by atoms with van der Waals surface area (Å²) in [6, 6.07) is 0. The SMILES string of the molecule is Nc1ncc(-n2cnnc2)[nH]1. The van der Waals surface area contributed by atoms with Crippen LogP contribution in [0.15, 0.2) is 18.9 Å². The summed E-state index contributed by atoms with van der Waals surface area (Å²) in [6.07, 6.45) is 4.73. The van der Waals surface area contributed by atoms with E-state index in [9.17, 15) is 0 Å². The Morgan fingerprint density at radius 3 is 2.64 bits per heavy atom. The molecule has 11 heavy (non-hydrogen) atoms. The van der Waals surface area contributed by atoms with Gasteiger partial charge >= 0.3 is 0 Å². The molecule has 0 aliphatic rings. The number of nitrogens with one attached hydrogen (secondary N) is 1. The molecule has 0 bridgehead atoms. The summed E-state index contributed by atoms with van der Waals surface area (Å²) in [7, 11) is 0. The van der Waals surface area contributed by atoms with Gasteiger partial charge in [0.25, 0.3) is 0 Å². The second kappa shape index (κ2) is 2.08. The van der Waals surface area contributed by atoms with Gasteiger partial charge in [0.15, 0.2) is 5.95 Å². The molecule has 0 spiro atoms. The van der Waals surface area contributed by atoms with Crippen molar-refractivity contribution >= 4 is 5.95 Å².